The van der Waals surface area contributed by atoms with Gasteiger partial charge in [0.25, 0.3) is 5.91 Å². The molecule has 0 radical (unpaired) electrons. The van der Waals surface area contributed by atoms with E-state index in [1.807, 2.05) is 80.6 Å². The second-order valence-electron chi connectivity index (χ2n) is 9.97. The third-order valence-electron chi connectivity index (χ3n) is 7.26. The van der Waals surface area contributed by atoms with Gasteiger partial charge in [-0.25, -0.2) is 0 Å². The molecule has 188 valence electrons. The molecule has 1 amide bonds. The SMILES string of the molecule is Cc1cc(C)c2c(=O)c3c(oc2c1)C(=O)N(CC1CCCO1)C3c1cccc(OCc2ccccc2)c1. The van der Waals surface area contributed by atoms with Gasteiger partial charge in [0, 0.05) is 13.2 Å². The molecule has 4 aromatic rings. The minimum Gasteiger partial charge on any atom is -0.489 e. The van der Waals surface area contributed by atoms with Crippen molar-refractivity contribution >= 4 is 16.9 Å². The third-order valence-corrected chi connectivity index (χ3v) is 7.26. The van der Waals surface area contributed by atoms with E-state index in [0.29, 0.717) is 42.0 Å². The summed E-state index contributed by atoms with van der Waals surface area (Å²) in [6, 6.07) is 20.8. The minimum atomic E-state index is -0.576. The van der Waals surface area contributed by atoms with E-state index >= 15 is 0 Å². The van der Waals surface area contributed by atoms with Crippen molar-refractivity contribution in [2.24, 2.45) is 0 Å². The van der Waals surface area contributed by atoms with Crippen LogP contribution in [-0.4, -0.2) is 30.1 Å². The fraction of sp³-hybridized carbons (Fsp3) is 0.290. The third kappa shape index (κ3) is 4.31. The highest BCUT2D eigenvalue weighted by Crippen LogP contribution is 2.40. The number of amides is 1. The van der Waals surface area contributed by atoms with E-state index in [9.17, 15) is 9.59 Å². The van der Waals surface area contributed by atoms with Gasteiger partial charge >= 0.3 is 0 Å². The molecule has 1 saturated heterocycles. The average Bonchev–Trinajstić information content (AvgIpc) is 3.50. The second kappa shape index (κ2) is 9.52. The van der Waals surface area contributed by atoms with Gasteiger partial charge in [-0.2, -0.15) is 0 Å². The minimum absolute atomic E-state index is 0.0632. The zero-order chi connectivity index (χ0) is 25.5. The van der Waals surface area contributed by atoms with Crippen molar-refractivity contribution in [3.8, 4) is 5.75 Å². The number of nitrogens with zero attached hydrogens (tertiary/aromatic N) is 1. The van der Waals surface area contributed by atoms with Crippen LogP contribution in [0, 0.1) is 13.8 Å². The molecular formula is C31H29NO5. The number of rotatable bonds is 6. The van der Waals surface area contributed by atoms with Crippen LogP contribution in [0.15, 0.2) is 75.9 Å². The Bertz CT molecular complexity index is 1540. The lowest BCUT2D eigenvalue weighted by Gasteiger charge is -2.27. The van der Waals surface area contributed by atoms with Crippen LogP contribution in [0.3, 0.4) is 0 Å². The highest BCUT2D eigenvalue weighted by molar-refractivity contribution is 5.99. The van der Waals surface area contributed by atoms with Gasteiger partial charge in [0.1, 0.15) is 17.9 Å². The van der Waals surface area contributed by atoms with E-state index in [2.05, 4.69) is 0 Å². The van der Waals surface area contributed by atoms with Crippen LogP contribution in [-0.2, 0) is 11.3 Å². The fourth-order valence-electron chi connectivity index (χ4n) is 5.57. The largest absolute Gasteiger partial charge is 0.489 e. The summed E-state index contributed by atoms with van der Waals surface area (Å²) in [5, 5.41) is 0.526. The molecule has 3 heterocycles. The summed E-state index contributed by atoms with van der Waals surface area (Å²) < 4.78 is 18.1. The molecule has 2 unspecified atom stereocenters. The van der Waals surface area contributed by atoms with E-state index in [4.69, 9.17) is 13.9 Å². The molecule has 2 aliphatic rings. The Balaban J connectivity index is 1.44. The number of carbonyl (C=O) groups is 1. The summed E-state index contributed by atoms with van der Waals surface area (Å²) in [6.45, 7) is 5.38. The van der Waals surface area contributed by atoms with E-state index < -0.39 is 6.04 Å². The van der Waals surface area contributed by atoms with Crippen molar-refractivity contribution < 1.29 is 18.7 Å². The second-order valence-corrected chi connectivity index (χ2v) is 9.97. The van der Waals surface area contributed by atoms with E-state index in [-0.39, 0.29) is 23.2 Å². The van der Waals surface area contributed by atoms with Crippen molar-refractivity contribution in [2.45, 2.75) is 45.4 Å². The van der Waals surface area contributed by atoms with Gasteiger partial charge in [-0.05, 0) is 67.1 Å². The Hall–Kier alpha value is -3.90. The monoisotopic (exact) mass is 495 g/mol. The summed E-state index contributed by atoms with van der Waals surface area (Å²) in [6.07, 6.45) is 1.79. The molecule has 6 nitrogen and oxygen atoms in total. The van der Waals surface area contributed by atoms with E-state index in [1.165, 1.54) is 0 Å². The van der Waals surface area contributed by atoms with Gasteiger partial charge < -0.3 is 18.8 Å². The van der Waals surface area contributed by atoms with Crippen molar-refractivity contribution in [1.29, 1.82) is 0 Å². The fourth-order valence-corrected chi connectivity index (χ4v) is 5.57. The molecule has 2 aliphatic heterocycles. The Morgan fingerprint density at radius 2 is 1.84 bits per heavy atom. The molecule has 6 heteroatoms. The molecule has 0 bridgehead atoms. The Labute approximate surface area is 215 Å². The quantitative estimate of drug-likeness (QED) is 0.343. The van der Waals surface area contributed by atoms with Crippen molar-refractivity contribution in [1.82, 2.24) is 4.90 Å². The van der Waals surface area contributed by atoms with Gasteiger partial charge in [0.15, 0.2) is 5.43 Å². The zero-order valence-corrected chi connectivity index (χ0v) is 21.0. The smallest absolute Gasteiger partial charge is 0.291 e. The lowest BCUT2D eigenvalue weighted by atomic mass is 9.96. The summed E-state index contributed by atoms with van der Waals surface area (Å²) in [4.78, 5) is 29.4. The molecule has 0 N–H and O–H groups in total. The predicted octanol–water partition coefficient (Wildman–Crippen LogP) is 5.71. The summed E-state index contributed by atoms with van der Waals surface area (Å²) in [5.41, 5.74) is 4.39. The number of hydrogen-bond donors (Lipinski definition) is 0. The number of carbonyl (C=O) groups excluding carboxylic acids is 1. The molecule has 1 fully saturated rings. The van der Waals surface area contributed by atoms with E-state index in [1.54, 1.807) is 4.90 Å². The summed E-state index contributed by atoms with van der Waals surface area (Å²) >= 11 is 0. The summed E-state index contributed by atoms with van der Waals surface area (Å²) in [5.74, 6) is 0.529. The van der Waals surface area contributed by atoms with Crippen LogP contribution in [0.5, 0.6) is 5.75 Å². The first-order valence-electron chi connectivity index (χ1n) is 12.8. The molecular weight excluding hydrogens is 466 g/mol. The first-order valence-corrected chi connectivity index (χ1v) is 12.8. The maximum atomic E-state index is 14.0. The molecule has 37 heavy (non-hydrogen) atoms. The molecule has 2 atom stereocenters. The number of benzene rings is 3. The van der Waals surface area contributed by atoms with Crippen LogP contribution in [0.1, 0.15) is 57.3 Å². The maximum absolute atomic E-state index is 14.0. The summed E-state index contributed by atoms with van der Waals surface area (Å²) in [7, 11) is 0. The number of hydrogen-bond acceptors (Lipinski definition) is 5. The zero-order valence-electron chi connectivity index (χ0n) is 21.0. The van der Waals surface area contributed by atoms with Gasteiger partial charge in [-0.15, -0.1) is 0 Å². The topological polar surface area (TPSA) is 69.0 Å². The van der Waals surface area contributed by atoms with Crippen LogP contribution < -0.4 is 10.2 Å². The maximum Gasteiger partial charge on any atom is 0.291 e. The van der Waals surface area contributed by atoms with Crippen molar-refractivity contribution in [3.05, 3.63) is 111 Å². The normalized spacial score (nSPS) is 19.0. The molecule has 0 aliphatic carbocycles. The Morgan fingerprint density at radius 3 is 2.62 bits per heavy atom. The molecule has 1 aromatic heterocycles. The number of aryl methyl sites for hydroxylation is 2. The Morgan fingerprint density at radius 1 is 1.00 bits per heavy atom. The molecule has 0 spiro atoms. The van der Waals surface area contributed by atoms with Crippen molar-refractivity contribution in [3.63, 3.8) is 0 Å². The number of ether oxygens (including phenoxy) is 2. The van der Waals surface area contributed by atoms with E-state index in [0.717, 1.165) is 35.1 Å². The molecule has 0 saturated carbocycles. The average molecular weight is 496 g/mol. The van der Waals surface area contributed by atoms with Gasteiger partial charge in [-0.3, -0.25) is 9.59 Å². The molecule has 6 rings (SSSR count). The van der Waals surface area contributed by atoms with Gasteiger partial charge in [0.2, 0.25) is 5.76 Å². The number of fused-ring (bicyclic) bond motifs is 2. The first kappa shape index (κ1) is 23.5. The lowest BCUT2D eigenvalue weighted by Crippen LogP contribution is -2.36. The standard InChI is InChI=1S/C31H29NO5/c1-19-14-20(2)26-25(15-19)37-30-27(29(26)33)28(32(31(30)34)17-24-12-7-13-35-24)22-10-6-11-23(16-22)36-18-21-8-4-3-5-9-21/h3-6,8-11,14-16,24,28H,7,12-13,17-18H2,1-2H3. The molecule has 3 aromatic carbocycles. The predicted molar refractivity (Wildman–Crippen MR) is 141 cm³/mol. The first-order chi connectivity index (χ1) is 18.0. The van der Waals surface area contributed by atoms with Crippen LogP contribution in [0.25, 0.3) is 11.0 Å². The van der Waals surface area contributed by atoms with Crippen LogP contribution >= 0.6 is 0 Å². The van der Waals surface area contributed by atoms with Crippen molar-refractivity contribution in [2.75, 3.05) is 13.2 Å². The van der Waals surface area contributed by atoms with Crippen LogP contribution in [0.4, 0.5) is 0 Å². The highest BCUT2D eigenvalue weighted by Gasteiger charge is 2.44. The van der Waals surface area contributed by atoms with Gasteiger partial charge in [0.05, 0.1) is 23.1 Å². The van der Waals surface area contributed by atoms with Crippen LogP contribution in [0.2, 0.25) is 0 Å². The highest BCUT2D eigenvalue weighted by atomic mass is 16.5. The Kier molecular flexibility index (Phi) is 6.05. The van der Waals surface area contributed by atoms with Gasteiger partial charge in [-0.1, -0.05) is 48.5 Å². The lowest BCUT2D eigenvalue weighted by molar-refractivity contribution is 0.0486.